The number of aromatic amines is 1. The van der Waals surface area contributed by atoms with Gasteiger partial charge in [-0.15, -0.1) is 0 Å². The molecule has 1 atom stereocenters. The molecule has 30 heavy (non-hydrogen) atoms. The lowest BCUT2D eigenvalue weighted by atomic mass is 9.95. The normalized spacial score (nSPS) is 19.9. The zero-order chi connectivity index (χ0) is 20.6. The standard InChI is InChI=1S/C22H25ClN6O/c1-30-13-7-18(15-2-4-16(23)5-3-15)27-21-22(28-21)8-11-29(12-9-22)20-17-6-10-24-19(17)25-14-26-20/h2-6,10,14,18H,7-9,11-13H2,1H3,(H,27,28)(H,24,25,26). The van der Waals surface area contributed by atoms with Crippen LogP contribution in [0.15, 0.2) is 47.8 Å². The van der Waals surface area contributed by atoms with Crippen molar-refractivity contribution in [3.05, 3.63) is 53.4 Å². The highest BCUT2D eigenvalue weighted by Gasteiger charge is 2.52. The summed E-state index contributed by atoms with van der Waals surface area (Å²) in [4.78, 5) is 19.4. The SMILES string of the molecule is COCCC(N=C1NC12CCN(c1ncnc3[nH]ccc13)CC2)c1ccc(Cl)cc1. The van der Waals surface area contributed by atoms with Gasteiger partial charge in [-0.1, -0.05) is 23.7 Å². The molecule has 0 aliphatic carbocycles. The van der Waals surface area contributed by atoms with Crippen LogP contribution in [0.4, 0.5) is 5.82 Å². The highest BCUT2D eigenvalue weighted by Crippen LogP contribution is 2.37. The van der Waals surface area contributed by atoms with Crippen molar-refractivity contribution < 1.29 is 4.74 Å². The lowest BCUT2D eigenvalue weighted by molar-refractivity contribution is 0.188. The number of fused-ring (bicyclic) bond motifs is 1. The molecule has 2 aromatic heterocycles. The molecule has 0 saturated carbocycles. The molecule has 7 nitrogen and oxygen atoms in total. The molecule has 1 aromatic carbocycles. The molecule has 8 heteroatoms. The van der Waals surface area contributed by atoms with E-state index in [-0.39, 0.29) is 11.6 Å². The maximum absolute atomic E-state index is 6.06. The molecular weight excluding hydrogens is 400 g/mol. The van der Waals surface area contributed by atoms with Gasteiger partial charge in [-0.3, -0.25) is 4.99 Å². The van der Waals surface area contributed by atoms with E-state index in [9.17, 15) is 0 Å². The number of aliphatic imine (C=N–C) groups is 1. The molecule has 2 saturated heterocycles. The second kappa shape index (κ2) is 7.89. The minimum absolute atomic E-state index is 0.0263. The molecule has 2 N–H and O–H groups in total. The smallest absolute Gasteiger partial charge is 0.142 e. The van der Waals surface area contributed by atoms with Gasteiger partial charge in [-0.25, -0.2) is 9.97 Å². The van der Waals surface area contributed by atoms with Crippen LogP contribution >= 0.6 is 11.6 Å². The van der Waals surface area contributed by atoms with Crippen molar-refractivity contribution in [2.45, 2.75) is 30.8 Å². The molecule has 0 radical (unpaired) electrons. The van der Waals surface area contributed by atoms with Crippen molar-refractivity contribution in [3.63, 3.8) is 0 Å². The molecule has 3 aromatic rings. The van der Waals surface area contributed by atoms with E-state index in [0.29, 0.717) is 6.61 Å². The average molecular weight is 425 g/mol. The lowest BCUT2D eigenvalue weighted by Gasteiger charge is -2.31. The third-order valence-corrected chi connectivity index (χ3v) is 6.39. The van der Waals surface area contributed by atoms with Crippen LogP contribution in [0.5, 0.6) is 0 Å². The van der Waals surface area contributed by atoms with Gasteiger partial charge >= 0.3 is 0 Å². The molecule has 2 aliphatic rings. The largest absolute Gasteiger partial charge is 0.385 e. The van der Waals surface area contributed by atoms with Gasteiger partial charge in [0.25, 0.3) is 0 Å². The Hall–Kier alpha value is -2.64. The predicted molar refractivity (Wildman–Crippen MR) is 119 cm³/mol. The number of anilines is 1. The van der Waals surface area contributed by atoms with Gasteiger partial charge in [0.2, 0.25) is 0 Å². The van der Waals surface area contributed by atoms with Gasteiger partial charge in [-0.05, 0) is 43.0 Å². The number of nitrogens with one attached hydrogen (secondary N) is 2. The van der Waals surface area contributed by atoms with Crippen LogP contribution < -0.4 is 10.2 Å². The Labute approximate surface area is 180 Å². The number of ether oxygens (including phenoxy) is 1. The maximum Gasteiger partial charge on any atom is 0.142 e. The number of hydrogen-bond acceptors (Lipinski definition) is 5. The lowest BCUT2D eigenvalue weighted by Crippen LogP contribution is -2.40. The highest BCUT2D eigenvalue weighted by molar-refractivity contribution is 6.30. The Bertz CT molecular complexity index is 1050. The van der Waals surface area contributed by atoms with Gasteiger partial charge < -0.3 is 19.9 Å². The fourth-order valence-corrected chi connectivity index (χ4v) is 4.43. The topological polar surface area (TPSA) is 88.3 Å². The van der Waals surface area contributed by atoms with Gasteiger partial charge in [0.15, 0.2) is 0 Å². The monoisotopic (exact) mass is 424 g/mol. The average Bonchev–Trinajstić information content (AvgIpc) is 3.19. The first-order valence-electron chi connectivity index (χ1n) is 10.3. The second-order valence-corrected chi connectivity index (χ2v) is 8.39. The van der Waals surface area contributed by atoms with Gasteiger partial charge in [0, 0.05) is 38.0 Å². The van der Waals surface area contributed by atoms with Crippen molar-refractivity contribution in [2.75, 3.05) is 31.7 Å². The first kappa shape index (κ1) is 19.3. The molecule has 1 spiro atoms. The molecule has 4 heterocycles. The maximum atomic E-state index is 6.06. The van der Waals surface area contributed by atoms with Crippen LogP contribution in [0, 0.1) is 0 Å². The quantitative estimate of drug-likeness (QED) is 0.588. The number of aromatic nitrogens is 3. The Morgan fingerprint density at radius 1 is 1.20 bits per heavy atom. The molecule has 2 aliphatic heterocycles. The third kappa shape index (κ3) is 3.63. The first-order chi connectivity index (χ1) is 14.7. The summed E-state index contributed by atoms with van der Waals surface area (Å²) in [5.74, 6) is 2.13. The number of halogens is 1. The Morgan fingerprint density at radius 3 is 2.77 bits per heavy atom. The summed E-state index contributed by atoms with van der Waals surface area (Å²) in [6, 6.07) is 10.1. The third-order valence-electron chi connectivity index (χ3n) is 6.13. The first-order valence-corrected chi connectivity index (χ1v) is 10.7. The summed E-state index contributed by atoms with van der Waals surface area (Å²) in [7, 11) is 1.73. The summed E-state index contributed by atoms with van der Waals surface area (Å²) >= 11 is 6.06. The van der Waals surface area contributed by atoms with Crippen molar-refractivity contribution in [3.8, 4) is 0 Å². The van der Waals surface area contributed by atoms with Crippen LogP contribution in [0.3, 0.4) is 0 Å². The Morgan fingerprint density at radius 2 is 2.00 bits per heavy atom. The number of amidine groups is 1. The zero-order valence-electron chi connectivity index (χ0n) is 16.9. The Balaban J connectivity index is 1.30. The summed E-state index contributed by atoms with van der Waals surface area (Å²) in [5.41, 5.74) is 2.08. The van der Waals surface area contributed by atoms with E-state index < -0.39 is 0 Å². The number of nitrogens with zero attached hydrogens (tertiary/aromatic N) is 4. The van der Waals surface area contributed by atoms with E-state index in [1.165, 1.54) is 5.56 Å². The summed E-state index contributed by atoms with van der Waals surface area (Å²) in [6.07, 6.45) is 6.42. The van der Waals surface area contributed by atoms with Gasteiger partial charge in [0.05, 0.1) is 17.0 Å². The fourth-order valence-electron chi connectivity index (χ4n) is 4.30. The minimum atomic E-state index is 0.0263. The van der Waals surface area contributed by atoms with E-state index in [0.717, 1.165) is 60.1 Å². The number of hydrogen-bond donors (Lipinski definition) is 2. The van der Waals surface area contributed by atoms with Crippen LogP contribution in [0.1, 0.15) is 30.9 Å². The van der Waals surface area contributed by atoms with E-state index in [2.05, 4.69) is 37.3 Å². The van der Waals surface area contributed by atoms with Crippen LogP contribution in [0.25, 0.3) is 11.0 Å². The second-order valence-electron chi connectivity index (χ2n) is 7.96. The van der Waals surface area contributed by atoms with E-state index in [1.54, 1.807) is 13.4 Å². The number of piperidine rings is 1. The fraction of sp³-hybridized carbons (Fsp3) is 0.409. The number of rotatable bonds is 6. The summed E-state index contributed by atoms with van der Waals surface area (Å²) in [6.45, 7) is 2.55. The van der Waals surface area contributed by atoms with E-state index in [1.807, 2.05) is 24.4 Å². The Kier molecular flexibility index (Phi) is 5.08. The number of methoxy groups -OCH3 is 1. The molecule has 1 unspecified atom stereocenters. The molecular formula is C22H25ClN6O. The summed E-state index contributed by atoms with van der Waals surface area (Å²) in [5, 5.41) is 5.41. The highest BCUT2D eigenvalue weighted by atomic mass is 35.5. The molecule has 2 fully saturated rings. The zero-order valence-corrected chi connectivity index (χ0v) is 17.7. The molecule has 5 rings (SSSR count). The molecule has 156 valence electrons. The molecule has 0 bridgehead atoms. The van der Waals surface area contributed by atoms with Gasteiger partial charge in [0.1, 0.15) is 23.6 Å². The van der Waals surface area contributed by atoms with Crippen LogP contribution in [-0.2, 0) is 4.74 Å². The van der Waals surface area contributed by atoms with Crippen LogP contribution in [0.2, 0.25) is 5.02 Å². The van der Waals surface area contributed by atoms with Crippen molar-refractivity contribution in [1.29, 1.82) is 0 Å². The summed E-state index contributed by atoms with van der Waals surface area (Å²) < 4.78 is 5.31. The minimum Gasteiger partial charge on any atom is -0.385 e. The van der Waals surface area contributed by atoms with Crippen molar-refractivity contribution in [2.24, 2.45) is 4.99 Å². The number of H-pyrrole nitrogens is 1. The molecule has 0 amide bonds. The van der Waals surface area contributed by atoms with E-state index in [4.69, 9.17) is 21.3 Å². The van der Waals surface area contributed by atoms with Crippen molar-refractivity contribution in [1.82, 2.24) is 20.3 Å². The number of benzene rings is 1. The predicted octanol–water partition coefficient (Wildman–Crippen LogP) is 3.73. The van der Waals surface area contributed by atoms with E-state index >= 15 is 0 Å². The van der Waals surface area contributed by atoms with Crippen LogP contribution in [-0.4, -0.2) is 53.1 Å². The van der Waals surface area contributed by atoms with Gasteiger partial charge in [-0.2, -0.15) is 0 Å². The van der Waals surface area contributed by atoms with Crippen molar-refractivity contribution >= 4 is 34.3 Å².